The van der Waals surface area contributed by atoms with Crippen molar-refractivity contribution in [1.82, 2.24) is 14.3 Å². The fourth-order valence-electron chi connectivity index (χ4n) is 0.855. The van der Waals surface area contributed by atoms with Crippen molar-refractivity contribution in [1.29, 1.82) is 0 Å². The van der Waals surface area contributed by atoms with Gasteiger partial charge in [-0.15, -0.1) is 6.42 Å². The first-order valence-electron chi connectivity index (χ1n) is 3.92. The summed E-state index contributed by atoms with van der Waals surface area (Å²) in [5, 5.41) is -0.0258. The summed E-state index contributed by atoms with van der Waals surface area (Å²) in [6.45, 7) is 1.58. The number of terminal acetylenes is 1. The van der Waals surface area contributed by atoms with Crippen molar-refractivity contribution in [2.45, 2.75) is 18.0 Å². The summed E-state index contributed by atoms with van der Waals surface area (Å²) in [7, 11) is -1.88. The van der Waals surface area contributed by atoms with Crippen LogP contribution in [0.3, 0.4) is 0 Å². The number of aryl methyl sites for hydroxylation is 1. The third-order valence-corrected chi connectivity index (χ3v) is 2.96. The van der Waals surface area contributed by atoms with Gasteiger partial charge in [0.2, 0.25) is 0 Å². The highest BCUT2D eigenvalue weighted by molar-refractivity contribution is 7.89. The van der Waals surface area contributed by atoms with Crippen LogP contribution in [-0.2, 0) is 17.1 Å². The molecular formula is C8H11N3O2S. The van der Waals surface area contributed by atoms with E-state index in [1.54, 1.807) is 18.5 Å². The lowest BCUT2D eigenvalue weighted by molar-refractivity contribution is 0.574. The van der Waals surface area contributed by atoms with E-state index in [-0.39, 0.29) is 5.03 Å². The Hall–Kier alpha value is -1.32. The van der Waals surface area contributed by atoms with Crippen molar-refractivity contribution in [3.63, 3.8) is 0 Å². The predicted octanol–water partition coefficient (Wildman–Crippen LogP) is -0.280. The van der Waals surface area contributed by atoms with Gasteiger partial charge in [-0.25, -0.2) is 13.4 Å². The molecule has 1 unspecified atom stereocenters. The molecule has 1 atom stereocenters. The Balaban J connectivity index is 2.93. The van der Waals surface area contributed by atoms with Gasteiger partial charge in [0.05, 0.1) is 12.4 Å². The quantitative estimate of drug-likeness (QED) is 0.702. The molecule has 0 aliphatic heterocycles. The highest BCUT2D eigenvalue weighted by atomic mass is 32.2. The van der Waals surface area contributed by atoms with Crippen LogP contribution < -0.4 is 4.72 Å². The minimum absolute atomic E-state index is 0.0258. The first-order chi connectivity index (χ1) is 6.45. The van der Waals surface area contributed by atoms with Gasteiger partial charge < -0.3 is 4.57 Å². The van der Waals surface area contributed by atoms with Crippen molar-refractivity contribution >= 4 is 10.0 Å². The normalized spacial score (nSPS) is 13.5. The summed E-state index contributed by atoms with van der Waals surface area (Å²) in [6, 6.07) is -0.540. The zero-order valence-corrected chi connectivity index (χ0v) is 8.75. The molecule has 1 heterocycles. The number of hydrogen-bond donors (Lipinski definition) is 1. The number of aromatic nitrogens is 2. The molecule has 0 aromatic carbocycles. The number of nitrogens with zero attached hydrogens (tertiary/aromatic N) is 2. The smallest absolute Gasteiger partial charge is 0.260 e. The van der Waals surface area contributed by atoms with Crippen molar-refractivity contribution in [2.75, 3.05) is 0 Å². The van der Waals surface area contributed by atoms with Gasteiger partial charge in [0.1, 0.15) is 0 Å². The minimum atomic E-state index is -3.58. The standard InChI is InChI=1S/C8H11N3O2S/c1-4-7(2)10-14(12,13)8-5-11(3)6-9-8/h1,5-7,10H,2-3H3. The second-order valence-corrected chi connectivity index (χ2v) is 4.55. The van der Waals surface area contributed by atoms with Crippen molar-refractivity contribution in [3.8, 4) is 12.3 Å². The first-order valence-corrected chi connectivity index (χ1v) is 5.40. The Morgan fingerprint density at radius 3 is 2.79 bits per heavy atom. The maximum absolute atomic E-state index is 11.5. The number of rotatable bonds is 3. The fraction of sp³-hybridized carbons (Fsp3) is 0.375. The van der Waals surface area contributed by atoms with Crippen molar-refractivity contribution in [3.05, 3.63) is 12.5 Å². The summed E-state index contributed by atoms with van der Waals surface area (Å²) >= 11 is 0. The van der Waals surface area contributed by atoms with Crippen LogP contribution in [0.15, 0.2) is 17.6 Å². The van der Waals surface area contributed by atoms with Crippen molar-refractivity contribution in [2.24, 2.45) is 7.05 Å². The molecule has 0 aliphatic rings. The van der Waals surface area contributed by atoms with Gasteiger partial charge in [-0.3, -0.25) is 0 Å². The Kier molecular flexibility index (Phi) is 2.93. The van der Waals surface area contributed by atoms with E-state index in [0.29, 0.717) is 0 Å². The minimum Gasteiger partial charge on any atom is -0.339 e. The predicted molar refractivity (Wildman–Crippen MR) is 51.8 cm³/mol. The molecule has 0 radical (unpaired) electrons. The van der Waals surface area contributed by atoms with Crippen LogP contribution in [0.5, 0.6) is 0 Å². The largest absolute Gasteiger partial charge is 0.339 e. The molecule has 6 heteroatoms. The fourth-order valence-corrected chi connectivity index (χ4v) is 2.00. The molecule has 0 saturated carbocycles. The Morgan fingerprint density at radius 2 is 2.36 bits per heavy atom. The SMILES string of the molecule is C#CC(C)NS(=O)(=O)c1cn(C)cn1. The van der Waals surface area contributed by atoms with Gasteiger partial charge in [0.25, 0.3) is 10.0 Å². The monoisotopic (exact) mass is 213 g/mol. The molecule has 1 N–H and O–H groups in total. The maximum atomic E-state index is 11.5. The third-order valence-electron chi connectivity index (χ3n) is 1.54. The van der Waals surface area contributed by atoms with E-state index in [0.717, 1.165) is 0 Å². The average molecular weight is 213 g/mol. The van der Waals surface area contributed by atoms with E-state index in [4.69, 9.17) is 6.42 Å². The molecule has 1 aromatic rings. The van der Waals surface area contributed by atoms with Crippen LogP contribution >= 0.6 is 0 Å². The number of hydrogen-bond acceptors (Lipinski definition) is 3. The van der Waals surface area contributed by atoms with Crippen LogP contribution in [0.4, 0.5) is 0 Å². The lowest BCUT2D eigenvalue weighted by Crippen LogP contribution is -2.31. The van der Waals surface area contributed by atoms with Crippen LogP contribution in [0.2, 0.25) is 0 Å². The van der Waals surface area contributed by atoms with Gasteiger partial charge >= 0.3 is 0 Å². The molecule has 0 bridgehead atoms. The van der Waals surface area contributed by atoms with Gasteiger partial charge in [-0.05, 0) is 6.92 Å². The highest BCUT2D eigenvalue weighted by Crippen LogP contribution is 2.04. The summed E-state index contributed by atoms with van der Waals surface area (Å²) in [4.78, 5) is 3.72. The number of sulfonamides is 1. The number of imidazole rings is 1. The molecule has 5 nitrogen and oxygen atoms in total. The van der Waals surface area contributed by atoms with E-state index < -0.39 is 16.1 Å². The second-order valence-electron chi connectivity index (χ2n) is 2.89. The summed E-state index contributed by atoms with van der Waals surface area (Å²) in [6.07, 6.45) is 7.88. The molecule has 0 spiro atoms. The summed E-state index contributed by atoms with van der Waals surface area (Å²) in [5.74, 6) is 2.27. The Morgan fingerprint density at radius 1 is 1.71 bits per heavy atom. The summed E-state index contributed by atoms with van der Waals surface area (Å²) in [5.41, 5.74) is 0. The molecular weight excluding hydrogens is 202 g/mol. The maximum Gasteiger partial charge on any atom is 0.260 e. The van der Waals surface area contributed by atoms with E-state index in [2.05, 4.69) is 15.6 Å². The van der Waals surface area contributed by atoms with E-state index in [9.17, 15) is 8.42 Å². The van der Waals surface area contributed by atoms with Gasteiger partial charge in [0.15, 0.2) is 5.03 Å². The van der Waals surface area contributed by atoms with Crippen LogP contribution in [0.1, 0.15) is 6.92 Å². The second kappa shape index (κ2) is 3.82. The van der Waals surface area contributed by atoms with Gasteiger partial charge in [-0.2, -0.15) is 4.72 Å². The first kappa shape index (κ1) is 10.8. The van der Waals surface area contributed by atoms with Crippen LogP contribution in [0, 0.1) is 12.3 Å². The van der Waals surface area contributed by atoms with Gasteiger partial charge in [-0.1, -0.05) is 5.92 Å². The molecule has 0 amide bonds. The third kappa shape index (κ3) is 2.34. The Bertz CT molecular complexity index is 455. The molecule has 0 saturated heterocycles. The summed E-state index contributed by atoms with van der Waals surface area (Å²) < 4.78 is 26.9. The zero-order valence-electron chi connectivity index (χ0n) is 7.93. The molecule has 0 fully saturated rings. The van der Waals surface area contributed by atoms with E-state index in [1.807, 2.05) is 0 Å². The highest BCUT2D eigenvalue weighted by Gasteiger charge is 2.18. The Labute approximate surface area is 83.2 Å². The average Bonchev–Trinajstić information content (AvgIpc) is 2.51. The van der Waals surface area contributed by atoms with Crippen LogP contribution in [0.25, 0.3) is 0 Å². The number of nitrogens with one attached hydrogen (secondary N) is 1. The van der Waals surface area contributed by atoms with Gasteiger partial charge in [0, 0.05) is 13.2 Å². The van der Waals surface area contributed by atoms with Crippen LogP contribution in [-0.4, -0.2) is 24.0 Å². The lowest BCUT2D eigenvalue weighted by atomic mass is 10.4. The van der Waals surface area contributed by atoms with E-state index >= 15 is 0 Å². The molecule has 1 rings (SSSR count). The molecule has 1 aromatic heterocycles. The molecule has 76 valence electrons. The lowest BCUT2D eigenvalue weighted by Gasteiger charge is -2.05. The van der Waals surface area contributed by atoms with E-state index in [1.165, 1.54) is 12.5 Å². The van der Waals surface area contributed by atoms with Crippen molar-refractivity contribution < 1.29 is 8.42 Å². The topological polar surface area (TPSA) is 64.0 Å². The molecule has 14 heavy (non-hydrogen) atoms. The molecule has 0 aliphatic carbocycles. The zero-order chi connectivity index (χ0) is 10.8.